The molecule has 0 aliphatic heterocycles. The largest absolute Gasteiger partial charge is 0.459 e. The van der Waals surface area contributed by atoms with Gasteiger partial charge in [-0.3, -0.25) is 19.6 Å². The van der Waals surface area contributed by atoms with E-state index in [1.807, 2.05) is 0 Å². The molecule has 0 saturated heterocycles. The summed E-state index contributed by atoms with van der Waals surface area (Å²) in [5, 5.41) is 2.83. The van der Waals surface area contributed by atoms with Crippen LogP contribution in [0.1, 0.15) is 27.4 Å². The van der Waals surface area contributed by atoms with E-state index in [4.69, 9.17) is 4.42 Å². The molecule has 0 fully saturated rings. The molecule has 1 N–H and O–H groups in total. The van der Waals surface area contributed by atoms with Gasteiger partial charge in [-0.05, 0) is 43.7 Å². The zero-order valence-corrected chi connectivity index (χ0v) is 15.1. The first-order chi connectivity index (χ1) is 13.4. The van der Waals surface area contributed by atoms with Crippen molar-refractivity contribution in [3.63, 3.8) is 0 Å². The predicted molar refractivity (Wildman–Crippen MR) is 98.7 cm³/mol. The van der Waals surface area contributed by atoms with Gasteiger partial charge >= 0.3 is 0 Å². The Bertz CT molecular complexity index is 1210. The lowest BCUT2D eigenvalue weighted by Gasteiger charge is -2.18. The van der Waals surface area contributed by atoms with Crippen molar-refractivity contribution >= 4 is 17.6 Å². The maximum atomic E-state index is 13.2. The highest BCUT2D eigenvalue weighted by molar-refractivity contribution is 6.03. The highest BCUT2D eigenvalue weighted by atomic mass is 19.1. The average molecular weight is 381 g/mol. The number of H-pyrrole nitrogens is 1. The SMILES string of the molecule is Cc1nc2nc(N(Cc3ccc(F)cc3)C(=O)c3ccco3)[nH]n2c(=O)c1C. The molecule has 3 aromatic heterocycles. The fourth-order valence-electron chi connectivity index (χ4n) is 2.76. The van der Waals surface area contributed by atoms with Crippen LogP contribution >= 0.6 is 0 Å². The van der Waals surface area contributed by atoms with E-state index < -0.39 is 5.91 Å². The number of aromatic nitrogens is 4. The minimum absolute atomic E-state index is 0.0896. The summed E-state index contributed by atoms with van der Waals surface area (Å²) in [7, 11) is 0. The van der Waals surface area contributed by atoms with E-state index in [2.05, 4.69) is 15.1 Å². The second-order valence-corrected chi connectivity index (χ2v) is 6.31. The fourth-order valence-corrected chi connectivity index (χ4v) is 2.76. The van der Waals surface area contributed by atoms with Gasteiger partial charge in [0.15, 0.2) is 5.76 Å². The second-order valence-electron chi connectivity index (χ2n) is 6.31. The van der Waals surface area contributed by atoms with Crippen LogP contribution in [0.4, 0.5) is 10.3 Å². The van der Waals surface area contributed by atoms with Gasteiger partial charge in [-0.1, -0.05) is 12.1 Å². The van der Waals surface area contributed by atoms with Gasteiger partial charge in [0.25, 0.3) is 17.2 Å². The molecule has 0 aliphatic rings. The first-order valence-electron chi connectivity index (χ1n) is 8.50. The molecule has 1 aromatic carbocycles. The fraction of sp³-hybridized carbons (Fsp3) is 0.158. The molecule has 3 heterocycles. The number of fused-ring (bicyclic) bond motifs is 1. The Hall–Kier alpha value is -3.75. The number of carbonyl (C=O) groups excluding carboxylic acids is 1. The van der Waals surface area contributed by atoms with Crippen LogP contribution in [0.15, 0.2) is 51.9 Å². The van der Waals surface area contributed by atoms with E-state index in [9.17, 15) is 14.0 Å². The molecule has 4 rings (SSSR count). The lowest BCUT2D eigenvalue weighted by molar-refractivity contribution is 0.0956. The Morgan fingerprint density at radius 2 is 1.96 bits per heavy atom. The molecule has 4 aromatic rings. The number of aromatic amines is 1. The van der Waals surface area contributed by atoms with Crippen LogP contribution in [-0.2, 0) is 6.54 Å². The third-order valence-corrected chi connectivity index (χ3v) is 4.44. The van der Waals surface area contributed by atoms with Crippen molar-refractivity contribution in [1.82, 2.24) is 19.6 Å². The van der Waals surface area contributed by atoms with E-state index in [-0.39, 0.29) is 35.4 Å². The lowest BCUT2D eigenvalue weighted by Crippen LogP contribution is -2.31. The number of nitrogens with zero attached hydrogens (tertiary/aromatic N) is 4. The van der Waals surface area contributed by atoms with E-state index in [1.165, 1.54) is 33.9 Å². The van der Waals surface area contributed by atoms with Crippen LogP contribution in [0.5, 0.6) is 0 Å². The molecule has 0 radical (unpaired) electrons. The number of hydrogen-bond donors (Lipinski definition) is 1. The highest BCUT2D eigenvalue weighted by Crippen LogP contribution is 2.18. The van der Waals surface area contributed by atoms with Crippen molar-refractivity contribution < 1.29 is 13.6 Å². The number of nitrogens with one attached hydrogen (secondary N) is 1. The van der Waals surface area contributed by atoms with Gasteiger partial charge in [0.05, 0.1) is 12.8 Å². The minimum Gasteiger partial charge on any atom is -0.459 e. The summed E-state index contributed by atoms with van der Waals surface area (Å²) in [6, 6.07) is 8.88. The van der Waals surface area contributed by atoms with Crippen LogP contribution in [0.25, 0.3) is 5.78 Å². The molecule has 1 amide bonds. The number of aryl methyl sites for hydroxylation is 1. The van der Waals surface area contributed by atoms with Crippen LogP contribution in [0.2, 0.25) is 0 Å². The number of amides is 1. The maximum Gasteiger partial charge on any atom is 0.296 e. The Morgan fingerprint density at radius 3 is 2.64 bits per heavy atom. The van der Waals surface area contributed by atoms with Crippen molar-refractivity contribution in [1.29, 1.82) is 0 Å². The molecule has 0 spiro atoms. The van der Waals surface area contributed by atoms with Gasteiger partial charge in [-0.2, -0.15) is 9.50 Å². The summed E-state index contributed by atoms with van der Waals surface area (Å²) in [5.74, 6) is -0.456. The summed E-state index contributed by atoms with van der Waals surface area (Å²) in [5.41, 5.74) is 1.42. The summed E-state index contributed by atoms with van der Waals surface area (Å²) < 4.78 is 19.6. The monoisotopic (exact) mass is 381 g/mol. The van der Waals surface area contributed by atoms with Gasteiger partial charge in [-0.25, -0.2) is 9.37 Å². The standard InChI is InChI=1S/C19H16FN5O3/c1-11-12(2)21-18-22-19(23-25(18)16(11)26)24(17(27)15-4-3-9-28-15)10-13-5-7-14(20)8-6-13/h3-9H,10H2,1-2H3,(H,21,22,23). The molecule has 0 atom stereocenters. The summed E-state index contributed by atoms with van der Waals surface area (Å²) >= 11 is 0. The molecular formula is C19H16FN5O3. The van der Waals surface area contributed by atoms with E-state index in [0.717, 1.165) is 0 Å². The van der Waals surface area contributed by atoms with Crippen LogP contribution < -0.4 is 10.5 Å². The maximum absolute atomic E-state index is 13.2. The number of halogens is 1. The Labute approximate surface area is 158 Å². The predicted octanol–water partition coefficient (Wildman–Crippen LogP) is 2.61. The lowest BCUT2D eigenvalue weighted by atomic mass is 10.2. The molecule has 142 valence electrons. The van der Waals surface area contributed by atoms with E-state index in [0.29, 0.717) is 16.8 Å². The summed E-state index contributed by atoms with van der Waals surface area (Å²) in [4.78, 5) is 35.3. The Morgan fingerprint density at radius 1 is 1.21 bits per heavy atom. The smallest absolute Gasteiger partial charge is 0.296 e. The number of benzene rings is 1. The Kier molecular flexibility index (Phi) is 4.26. The number of furan rings is 1. The molecule has 28 heavy (non-hydrogen) atoms. The van der Waals surface area contributed by atoms with Gasteiger partial charge in [-0.15, -0.1) is 0 Å². The topological polar surface area (TPSA) is 96.5 Å². The molecule has 0 bridgehead atoms. The highest BCUT2D eigenvalue weighted by Gasteiger charge is 2.24. The van der Waals surface area contributed by atoms with Crippen molar-refractivity contribution in [2.24, 2.45) is 0 Å². The summed E-state index contributed by atoms with van der Waals surface area (Å²) in [6.45, 7) is 3.48. The van der Waals surface area contributed by atoms with Crippen molar-refractivity contribution in [2.45, 2.75) is 20.4 Å². The van der Waals surface area contributed by atoms with Gasteiger partial charge in [0, 0.05) is 11.3 Å². The van der Waals surface area contributed by atoms with Crippen LogP contribution in [0, 0.1) is 19.7 Å². The quantitative estimate of drug-likeness (QED) is 0.586. The molecule has 9 heteroatoms. The zero-order chi connectivity index (χ0) is 19.8. The third kappa shape index (κ3) is 3.07. The molecule has 0 saturated carbocycles. The van der Waals surface area contributed by atoms with Crippen molar-refractivity contribution in [3.05, 3.63) is 81.4 Å². The summed E-state index contributed by atoms with van der Waals surface area (Å²) in [6.07, 6.45) is 1.39. The first kappa shape index (κ1) is 17.7. The van der Waals surface area contributed by atoms with Crippen LogP contribution in [0.3, 0.4) is 0 Å². The van der Waals surface area contributed by atoms with E-state index in [1.54, 1.807) is 32.0 Å². The van der Waals surface area contributed by atoms with E-state index >= 15 is 0 Å². The van der Waals surface area contributed by atoms with Crippen molar-refractivity contribution in [3.8, 4) is 0 Å². The molecule has 8 nitrogen and oxygen atoms in total. The third-order valence-electron chi connectivity index (χ3n) is 4.44. The minimum atomic E-state index is -0.463. The normalized spacial score (nSPS) is 11.1. The van der Waals surface area contributed by atoms with Gasteiger partial charge < -0.3 is 4.42 Å². The molecule has 0 aliphatic carbocycles. The first-order valence-corrected chi connectivity index (χ1v) is 8.50. The van der Waals surface area contributed by atoms with Gasteiger partial charge in [0.2, 0.25) is 5.95 Å². The second kappa shape index (κ2) is 6.76. The molecular weight excluding hydrogens is 365 g/mol. The molecule has 0 unspecified atom stereocenters. The number of anilines is 1. The number of hydrogen-bond acceptors (Lipinski definition) is 5. The van der Waals surface area contributed by atoms with Crippen LogP contribution in [-0.4, -0.2) is 25.5 Å². The number of rotatable bonds is 4. The number of carbonyl (C=O) groups is 1. The average Bonchev–Trinajstić information content (AvgIpc) is 3.35. The van der Waals surface area contributed by atoms with Gasteiger partial charge in [0.1, 0.15) is 5.82 Å². The Balaban J connectivity index is 1.81. The van der Waals surface area contributed by atoms with Crippen molar-refractivity contribution in [2.75, 3.05) is 4.90 Å². The zero-order valence-electron chi connectivity index (χ0n) is 15.1.